The van der Waals surface area contributed by atoms with Crippen molar-refractivity contribution in [3.63, 3.8) is 0 Å². The number of rotatable bonds is 2. The SMILES string of the molecule is CC.CC(C)n1ccc(C2CCC(C(F)(F)F)CC2)n1.CC1CCCC1. The van der Waals surface area contributed by atoms with Gasteiger partial charge in [-0.1, -0.05) is 46.5 Å². The van der Waals surface area contributed by atoms with E-state index in [0.717, 1.165) is 11.6 Å². The van der Waals surface area contributed by atoms with E-state index in [1.54, 1.807) is 0 Å². The number of aromatic nitrogens is 2. The predicted molar refractivity (Wildman–Crippen MR) is 102 cm³/mol. The summed E-state index contributed by atoms with van der Waals surface area (Å²) in [5.74, 6) is 0.134. The first-order chi connectivity index (χ1) is 12.3. The first-order valence-electron chi connectivity index (χ1n) is 10.4. The summed E-state index contributed by atoms with van der Waals surface area (Å²) in [6.45, 7) is 10.4. The molecule has 0 spiro atoms. The van der Waals surface area contributed by atoms with E-state index in [0.29, 0.717) is 18.9 Å². The van der Waals surface area contributed by atoms with Gasteiger partial charge < -0.3 is 0 Å². The lowest BCUT2D eigenvalue weighted by Crippen LogP contribution is -2.27. The van der Waals surface area contributed by atoms with Crippen LogP contribution in [0.4, 0.5) is 13.2 Å². The topological polar surface area (TPSA) is 17.8 Å². The van der Waals surface area contributed by atoms with E-state index in [4.69, 9.17) is 0 Å². The fourth-order valence-corrected chi connectivity index (χ4v) is 3.70. The van der Waals surface area contributed by atoms with E-state index in [9.17, 15) is 13.2 Å². The Morgan fingerprint density at radius 1 is 1.00 bits per heavy atom. The number of hydrogen-bond donors (Lipinski definition) is 0. The standard InChI is InChI=1S/C13H19F3N2.C6H12.C2H6/c1-9(2)18-8-7-12(17-18)10-3-5-11(6-4-10)13(14,15)16;1-6-4-2-3-5-6;1-2/h7-11H,3-6H2,1-2H3;6H,2-5H2,1H3;1-2H3. The number of nitrogens with zero attached hydrogens (tertiary/aromatic N) is 2. The molecule has 0 atom stereocenters. The van der Waals surface area contributed by atoms with Crippen LogP contribution in [0.25, 0.3) is 0 Å². The van der Waals surface area contributed by atoms with Gasteiger partial charge in [0.05, 0.1) is 11.6 Å². The van der Waals surface area contributed by atoms with Crippen LogP contribution in [-0.2, 0) is 0 Å². The van der Waals surface area contributed by atoms with Crippen molar-refractivity contribution in [1.29, 1.82) is 0 Å². The molecule has 0 amide bonds. The van der Waals surface area contributed by atoms with E-state index in [-0.39, 0.29) is 18.8 Å². The monoisotopic (exact) mass is 374 g/mol. The van der Waals surface area contributed by atoms with Crippen molar-refractivity contribution < 1.29 is 13.2 Å². The summed E-state index contributed by atoms with van der Waals surface area (Å²) in [6, 6.07) is 2.24. The Bertz CT molecular complexity index is 480. The summed E-state index contributed by atoms with van der Waals surface area (Å²) in [7, 11) is 0. The van der Waals surface area contributed by atoms with Crippen LogP contribution in [-0.4, -0.2) is 16.0 Å². The highest BCUT2D eigenvalue weighted by Gasteiger charge is 2.41. The third-order valence-electron chi connectivity index (χ3n) is 5.41. The van der Waals surface area contributed by atoms with E-state index in [2.05, 4.69) is 12.0 Å². The summed E-state index contributed by atoms with van der Waals surface area (Å²) in [5.41, 5.74) is 0.948. The second-order valence-corrected chi connectivity index (χ2v) is 7.79. The van der Waals surface area contributed by atoms with Gasteiger partial charge in [0.15, 0.2) is 0 Å². The van der Waals surface area contributed by atoms with Crippen molar-refractivity contribution in [3.8, 4) is 0 Å². The zero-order valence-corrected chi connectivity index (χ0v) is 17.1. The van der Waals surface area contributed by atoms with Crippen molar-refractivity contribution in [3.05, 3.63) is 18.0 Å². The lowest BCUT2D eigenvalue weighted by atomic mass is 9.80. The third kappa shape index (κ3) is 7.32. The Morgan fingerprint density at radius 3 is 1.88 bits per heavy atom. The summed E-state index contributed by atoms with van der Waals surface area (Å²) in [5, 5.41) is 4.46. The molecule has 2 aliphatic carbocycles. The van der Waals surface area contributed by atoms with Gasteiger partial charge in [-0.05, 0) is 51.5 Å². The largest absolute Gasteiger partial charge is 0.391 e. The molecule has 2 saturated carbocycles. The van der Waals surface area contributed by atoms with Crippen molar-refractivity contribution in [2.75, 3.05) is 0 Å². The van der Waals surface area contributed by atoms with Gasteiger partial charge in [-0.25, -0.2) is 0 Å². The highest BCUT2D eigenvalue weighted by Crippen LogP contribution is 2.42. The molecular weight excluding hydrogens is 337 g/mol. The number of hydrogen-bond acceptors (Lipinski definition) is 1. The molecule has 3 rings (SSSR count). The van der Waals surface area contributed by atoms with E-state index < -0.39 is 12.1 Å². The summed E-state index contributed by atoms with van der Waals surface area (Å²) in [4.78, 5) is 0. The molecule has 2 fully saturated rings. The van der Waals surface area contributed by atoms with Crippen LogP contribution >= 0.6 is 0 Å². The van der Waals surface area contributed by atoms with Gasteiger partial charge >= 0.3 is 6.18 Å². The molecule has 0 aromatic carbocycles. The molecule has 0 saturated heterocycles. The molecule has 0 unspecified atom stereocenters. The molecule has 1 aromatic rings. The minimum absolute atomic E-state index is 0.198. The molecule has 1 aromatic heterocycles. The smallest absolute Gasteiger partial charge is 0.270 e. The highest BCUT2D eigenvalue weighted by atomic mass is 19.4. The lowest BCUT2D eigenvalue weighted by Gasteiger charge is -2.28. The molecule has 2 aliphatic rings. The average Bonchev–Trinajstić information content (AvgIpc) is 3.28. The zero-order valence-electron chi connectivity index (χ0n) is 17.1. The quantitative estimate of drug-likeness (QED) is 0.523. The Hall–Kier alpha value is -1.00. The molecule has 0 aliphatic heterocycles. The molecule has 1 heterocycles. The van der Waals surface area contributed by atoms with Gasteiger partial charge in [0.25, 0.3) is 0 Å². The molecule has 0 bridgehead atoms. The van der Waals surface area contributed by atoms with Crippen molar-refractivity contribution in [1.82, 2.24) is 9.78 Å². The molecule has 5 heteroatoms. The van der Waals surface area contributed by atoms with Crippen molar-refractivity contribution >= 4 is 0 Å². The number of alkyl halides is 3. The van der Waals surface area contributed by atoms with Crippen LogP contribution < -0.4 is 0 Å². The van der Waals surface area contributed by atoms with Gasteiger partial charge in [-0.2, -0.15) is 18.3 Å². The second kappa shape index (κ2) is 11.0. The molecular formula is C21H37F3N2. The van der Waals surface area contributed by atoms with Gasteiger partial charge in [-0.3, -0.25) is 4.68 Å². The molecule has 152 valence electrons. The fourth-order valence-electron chi connectivity index (χ4n) is 3.70. The predicted octanol–water partition coefficient (Wildman–Crippen LogP) is 7.52. The maximum absolute atomic E-state index is 12.6. The Balaban J connectivity index is 0.000000353. The van der Waals surface area contributed by atoms with Crippen LogP contribution in [0.2, 0.25) is 0 Å². The Morgan fingerprint density at radius 2 is 1.54 bits per heavy atom. The zero-order chi connectivity index (χ0) is 19.7. The minimum Gasteiger partial charge on any atom is -0.270 e. The summed E-state index contributed by atoms with van der Waals surface area (Å²) >= 11 is 0. The van der Waals surface area contributed by atoms with E-state index in [1.165, 1.54) is 25.7 Å². The van der Waals surface area contributed by atoms with Crippen molar-refractivity contribution in [2.45, 2.75) is 104 Å². The fraction of sp³-hybridized carbons (Fsp3) is 0.857. The van der Waals surface area contributed by atoms with Crippen LogP contribution in [0, 0.1) is 11.8 Å². The molecule has 0 radical (unpaired) electrons. The van der Waals surface area contributed by atoms with E-state index >= 15 is 0 Å². The Kier molecular flexibility index (Phi) is 9.73. The van der Waals surface area contributed by atoms with Crippen molar-refractivity contribution in [2.24, 2.45) is 11.8 Å². The first-order valence-corrected chi connectivity index (χ1v) is 10.4. The van der Waals surface area contributed by atoms with Gasteiger partial charge in [-0.15, -0.1) is 0 Å². The number of halogens is 3. The van der Waals surface area contributed by atoms with Gasteiger partial charge in [0.1, 0.15) is 0 Å². The maximum Gasteiger partial charge on any atom is 0.391 e. The second-order valence-electron chi connectivity index (χ2n) is 7.79. The maximum atomic E-state index is 12.6. The lowest BCUT2D eigenvalue weighted by molar-refractivity contribution is -0.182. The molecule has 2 nitrogen and oxygen atoms in total. The summed E-state index contributed by atoms with van der Waals surface area (Å²) < 4.78 is 39.5. The highest BCUT2D eigenvalue weighted by molar-refractivity contribution is 5.08. The Labute approximate surface area is 157 Å². The average molecular weight is 375 g/mol. The molecule has 26 heavy (non-hydrogen) atoms. The first kappa shape index (κ1) is 23.0. The summed E-state index contributed by atoms with van der Waals surface area (Å²) in [6.07, 6.45) is 5.50. The molecule has 0 N–H and O–H groups in total. The van der Waals surface area contributed by atoms with Crippen LogP contribution in [0.3, 0.4) is 0 Å². The normalized spacial score (nSPS) is 23.9. The van der Waals surface area contributed by atoms with Gasteiger partial charge in [0.2, 0.25) is 0 Å². The third-order valence-corrected chi connectivity index (χ3v) is 5.41. The van der Waals surface area contributed by atoms with Crippen LogP contribution in [0.5, 0.6) is 0 Å². The minimum atomic E-state index is -4.03. The van der Waals surface area contributed by atoms with Crippen LogP contribution in [0.15, 0.2) is 12.3 Å². The van der Waals surface area contributed by atoms with Gasteiger partial charge in [0, 0.05) is 18.2 Å². The van der Waals surface area contributed by atoms with E-state index in [1.807, 2.05) is 44.6 Å². The van der Waals surface area contributed by atoms with Crippen LogP contribution in [0.1, 0.15) is 104 Å².